The number of anilines is 1. The Kier molecular flexibility index (Phi) is 3.80. The summed E-state index contributed by atoms with van der Waals surface area (Å²) in [6, 6.07) is 7.15. The number of para-hydroxylation sites is 1. The Morgan fingerprint density at radius 2 is 2.00 bits per heavy atom. The van der Waals surface area contributed by atoms with E-state index in [0.717, 1.165) is 0 Å². The minimum atomic E-state index is -3.37. The van der Waals surface area contributed by atoms with Gasteiger partial charge in [0.1, 0.15) is 0 Å². The molecule has 0 unspecified atom stereocenters. The molecular weight excluding hydrogens is 264 g/mol. The summed E-state index contributed by atoms with van der Waals surface area (Å²) in [6.07, 6.45) is 1.21. The highest BCUT2D eigenvalue weighted by Crippen LogP contribution is 2.30. The molecule has 1 N–H and O–H groups in total. The lowest BCUT2D eigenvalue weighted by Gasteiger charge is -2.26. The number of hydrogen-bond acceptors (Lipinski definition) is 4. The van der Waals surface area contributed by atoms with Gasteiger partial charge in [0.15, 0.2) is 0 Å². The summed E-state index contributed by atoms with van der Waals surface area (Å²) in [5.41, 5.74) is 1.82. The molecule has 1 aliphatic rings. The Morgan fingerprint density at radius 1 is 1.32 bits per heavy atom. The summed E-state index contributed by atoms with van der Waals surface area (Å²) in [5, 5.41) is 11.9. The van der Waals surface area contributed by atoms with Crippen molar-refractivity contribution in [3.8, 4) is 0 Å². The third-order valence-corrected chi connectivity index (χ3v) is 5.47. The molecule has 19 heavy (non-hydrogen) atoms. The number of fused-ring (bicyclic) bond motifs is 1. The Hall–Kier alpha value is -1.56. The van der Waals surface area contributed by atoms with Crippen molar-refractivity contribution in [2.45, 2.75) is 31.9 Å². The van der Waals surface area contributed by atoms with Gasteiger partial charge in [-0.2, -0.15) is 0 Å². The summed E-state index contributed by atoms with van der Waals surface area (Å²) in [7, 11) is -3.37. The zero-order valence-electron chi connectivity index (χ0n) is 11.1. The van der Waals surface area contributed by atoms with E-state index in [1.54, 1.807) is 32.0 Å². The van der Waals surface area contributed by atoms with Gasteiger partial charge in [-0.05, 0) is 32.8 Å². The Balaban J connectivity index is 2.60. The first-order chi connectivity index (χ1) is 8.98. The molecule has 1 aromatic rings. The number of sulfonamides is 1. The van der Waals surface area contributed by atoms with Gasteiger partial charge < -0.3 is 5.21 Å². The smallest absolute Gasteiger partial charge is 0.237 e. The average molecular weight is 282 g/mol. The first kappa shape index (κ1) is 13.9. The third kappa shape index (κ3) is 2.45. The quantitative estimate of drug-likeness (QED) is 0.668. The van der Waals surface area contributed by atoms with Crippen molar-refractivity contribution in [3.05, 3.63) is 29.8 Å². The molecule has 1 aromatic carbocycles. The second-order valence-corrected chi connectivity index (χ2v) is 7.25. The molecule has 0 aliphatic carbocycles. The molecule has 6 heteroatoms. The second kappa shape index (κ2) is 5.21. The summed E-state index contributed by atoms with van der Waals surface area (Å²) in [6.45, 7) is 3.75. The van der Waals surface area contributed by atoms with Crippen LogP contribution in [0, 0.1) is 0 Å². The third-order valence-electron chi connectivity index (χ3n) is 3.28. The van der Waals surface area contributed by atoms with E-state index in [1.165, 1.54) is 4.31 Å². The van der Waals surface area contributed by atoms with E-state index in [2.05, 4.69) is 5.16 Å². The van der Waals surface area contributed by atoms with Crippen molar-refractivity contribution in [2.75, 3.05) is 10.8 Å². The van der Waals surface area contributed by atoms with E-state index in [9.17, 15) is 8.42 Å². The molecule has 0 saturated carbocycles. The van der Waals surface area contributed by atoms with Gasteiger partial charge >= 0.3 is 0 Å². The average Bonchev–Trinajstić information content (AvgIpc) is 2.57. The van der Waals surface area contributed by atoms with Crippen LogP contribution in [0.5, 0.6) is 0 Å². The predicted molar refractivity (Wildman–Crippen MR) is 75.4 cm³/mol. The molecule has 1 aliphatic heterocycles. The van der Waals surface area contributed by atoms with Crippen molar-refractivity contribution < 1.29 is 13.6 Å². The minimum Gasteiger partial charge on any atom is -0.411 e. The second-order valence-electron chi connectivity index (χ2n) is 4.83. The summed E-state index contributed by atoms with van der Waals surface area (Å²) < 4.78 is 26.3. The molecule has 5 nitrogen and oxygen atoms in total. The van der Waals surface area contributed by atoms with Crippen molar-refractivity contribution >= 4 is 21.4 Å². The van der Waals surface area contributed by atoms with Crippen LogP contribution in [-0.2, 0) is 10.0 Å². The van der Waals surface area contributed by atoms with E-state index in [-0.39, 0.29) is 0 Å². The van der Waals surface area contributed by atoms with Crippen LogP contribution < -0.4 is 4.31 Å². The molecular formula is C13H18N2O3S. The summed E-state index contributed by atoms with van der Waals surface area (Å²) in [4.78, 5) is 0. The van der Waals surface area contributed by atoms with Gasteiger partial charge in [0.2, 0.25) is 10.0 Å². The van der Waals surface area contributed by atoms with Crippen LogP contribution in [-0.4, -0.2) is 31.1 Å². The van der Waals surface area contributed by atoms with Gasteiger partial charge in [-0.25, -0.2) is 8.42 Å². The van der Waals surface area contributed by atoms with Gasteiger partial charge in [0.25, 0.3) is 0 Å². The number of benzene rings is 1. The highest BCUT2D eigenvalue weighted by Gasteiger charge is 2.30. The Bertz CT molecular complexity index is 594. The highest BCUT2D eigenvalue weighted by molar-refractivity contribution is 7.93. The molecule has 0 saturated heterocycles. The fourth-order valence-electron chi connectivity index (χ4n) is 2.20. The van der Waals surface area contributed by atoms with Crippen LogP contribution in [0.4, 0.5) is 5.69 Å². The lowest BCUT2D eigenvalue weighted by molar-refractivity contribution is 0.318. The van der Waals surface area contributed by atoms with Crippen LogP contribution in [0.1, 0.15) is 32.3 Å². The van der Waals surface area contributed by atoms with Gasteiger partial charge in [-0.15, -0.1) is 0 Å². The molecule has 1 heterocycles. The number of nitrogens with zero attached hydrogens (tertiary/aromatic N) is 2. The number of rotatable bonds is 2. The van der Waals surface area contributed by atoms with Crippen LogP contribution in [0.2, 0.25) is 0 Å². The number of oxime groups is 1. The molecule has 2 rings (SSSR count). The van der Waals surface area contributed by atoms with Crippen molar-refractivity contribution in [1.82, 2.24) is 0 Å². The van der Waals surface area contributed by atoms with E-state index >= 15 is 0 Å². The van der Waals surface area contributed by atoms with Gasteiger partial charge in [0.05, 0.1) is 16.6 Å². The molecule has 0 aromatic heterocycles. The van der Waals surface area contributed by atoms with Crippen molar-refractivity contribution in [3.63, 3.8) is 0 Å². The maximum absolute atomic E-state index is 12.4. The molecule has 0 bridgehead atoms. The SMILES string of the molecule is CC(C)S(=O)(=O)N1CCC/C(=N/O)c2ccccc21. The molecule has 0 amide bonds. The first-order valence-corrected chi connectivity index (χ1v) is 7.80. The minimum absolute atomic E-state index is 0.413. The van der Waals surface area contributed by atoms with E-state index in [0.29, 0.717) is 36.3 Å². The maximum Gasteiger partial charge on any atom is 0.237 e. The zero-order valence-corrected chi connectivity index (χ0v) is 11.9. The van der Waals surface area contributed by atoms with Gasteiger partial charge in [-0.3, -0.25) is 4.31 Å². The predicted octanol–water partition coefficient (Wildman–Crippen LogP) is 2.20. The van der Waals surface area contributed by atoms with Crippen LogP contribution >= 0.6 is 0 Å². The zero-order chi connectivity index (χ0) is 14.0. The molecule has 0 atom stereocenters. The van der Waals surface area contributed by atoms with Gasteiger partial charge in [0, 0.05) is 12.1 Å². The van der Waals surface area contributed by atoms with Crippen LogP contribution in [0.25, 0.3) is 0 Å². The van der Waals surface area contributed by atoms with E-state index < -0.39 is 15.3 Å². The Labute approximate surface area is 113 Å². The fourth-order valence-corrected chi connectivity index (χ4v) is 3.53. The lowest BCUT2D eigenvalue weighted by atomic mass is 10.1. The topological polar surface area (TPSA) is 70.0 Å². The fraction of sp³-hybridized carbons (Fsp3) is 0.462. The van der Waals surface area contributed by atoms with E-state index in [4.69, 9.17) is 5.21 Å². The molecule has 0 fully saturated rings. The lowest BCUT2D eigenvalue weighted by Crippen LogP contribution is -2.37. The summed E-state index contributed by atoms with van der Waals surface area (Å²) in [5.74, 6) is 0. The standard InChI is InChI=1S/C13H18N2O3S/c1-10(2)19(17,18)15-9-5-7-12(14-16)11-6-3-4-8-13(11)15/h3-4,6,8,10,16H,5,7,9H2,1-2H3/b14-12-. The van der Waals surface area contributed by atoms with E-state index in [1.807, 2.05) is 6.07 Å². The number of hydrogen-bond donors (Lipinski definition) is 1. The first-order valence-electron chi connectivity index (χ1n) is 6.30. The molecule has 104 valence electrons. The van der Waals surface area contributed by atoms with Crippen molar-refractivity contribution in [1.29, 1.82) is 0 Å². The monoisotopic (exact) mass is 282 g/mol. The van der Waals surface area contributed by atoms with Gasteiger partial charge in [-0.1, -0.05) is 23.4 Å². The maximum atomic E-state index is 12.4. The molecule has 0 radical (unpaired) electrons. The highest BCUT2D eigenvalue weighted by atomic mass is 32.2. The van der Waals surface area contributed by atoms with Crippen LogP contribution in [0.3, 0.4) is 0 Å². The molecule has 0 spiro atoms. The Morgan fingerprint density at radius 3 is 2.63 bits per heavy atom. The summed E-state index contributed by atoms with van der Waals surface area (Å²) >= 11 is 0. The normalized spacial score (nSPS) is 18.5. The van der Waals surface area contributed by atoms with Crippen molar-refractivity contribution in [2.24, 2.45) is 5.16 Å². The largest absolute Gasteiger partial charge is 0.411 e. The van der Waals surface area contributed by atoms with Crippen LogP contribution in [0.15, 0.2) is 29.4 Å².